The number of allylic oxidation sites excluding steroid dienone is 4. The van der Waals surface area contributed by atoms with E-state index < -0.39 is 97.5 Å². The van der Waals surface area contributed by atoms with Gasteiger partial charge in [0.25, 0.3) is 0 Å². The molecule has 0 aliphatic rings. The van der Waals surface area contributed by atoms with Crippen molar-refractivity contribution >= 4 is 39.5 Å². The summed E-state index contributed by atoms with van der Waals surface area (Å²) in [5.41, 5.74) is 0. The first-order valence-corrected chi connectivity index (χ1v) is 47.3. The predicted octanol–water partition coefficient (Wildman–Crippen LogP) is 26.2. The minimum atomic E-state index is -4.97. The maximum Gasteiger partial charge on any atom is 0.472 e. The van der Waals surface area contributed by atoms with Gasteiger partial charge >= 0.3 is 39.5 Å². The number of phosphoric acid groups is 2. The van der Waals surface area contributed by atoms with Gasteiger partial charge in [0.15, 0.2) is 12.2 Å². The molecule has 6 atom stereocenters. The van der Waals surface area contributed by atoms with Crippen molar-refractivity contribution < 1.29 is 80.2 Å². The lowest BCUT2D eigenvalue weighted by molar-refractivity contribution is -0.161. The number of carbonyl (C=O) groups excluding carboxylic acids is 4. The number of aliphatic hydroxyl groups is 1. The average molecular weight is 1550 g/mol. The van der Waals surface area contributed by atoms with Crippen LogP contribution in [0, 0.1) is 11.8 Å². The first-order chi connectivity index (χ1) is 51.4. The van der Waals surface area contributed by atoms with E-state index in [0.717, 1.165) is 115 Å². The molecule has 19 heteroatoms. The van der Waals surface area contributed by atoms with Gasteiger partial charge in [-0.2, -0.15) is 0 Å². The molecular formula is C87H166O17P2. The summed E-state index contributed by atoms with van der Waals surface area (Å²) in [6.07, 6.45) is 72.9. The Morgan fingerprint density at radius 3 is 0.849 bits per heavy atom. The highest BCUT2D eigenvalue weighted by atomic mass is 31.2. The SMILES string of the molecule is CCCCCC/C=C\C=C/CCCCCCCC(=O)O[C@H](COC(=O)CCCCCCCCCCCCCCC)COP(=O)(O)OC[C@H](O)COP(=O)(O)OC[C@@H](COC(=O)CCCCCCCCCCCCCCCC(C)C)OC(=O)CCCCCCCCCCCCCCCCCCCCC(C)CC. The minimum Gasteiger partial charge on any atom is -0.462 e. The zero-order chi connectivity index (χ0) is 77.8. The van der Waals surface area contributed by atoms with Crippen molar-refractivity contribution in [2.75, 3.05) is 39.6 Å². The van der Waals surface area contributed by atoms with Crippen LogP contribution in [-0.4, -0.2) is 96.7 Å². The fourth-order valence-electron chi connectivity index (χ4n) is 13.0. The molecule has 0 rings (SSSR count). The summed E-state index contributed by atoms with van der Waals surface area (Å²) in [6, 6.07) is 0. The Balaban J connectivity index is 5.28. The molecule has 0 aromatic heterocycles. The molecule has 17 nitrogen and oxygen atoms in total. The first-order valence-electron chi connectivity index (χ1n) is 44.3. The van der Waals surface area contributed by atoms with Crippen molar-refractivity contribution in [2.45, 2.75) is 458 Å². The van der Waals surface area contributed by atoms with Crippen molar-refractivity contribution in [3.63, 3.8) is 0 Å². The van der Waals surface area contributed by atoms with E-state index in [-0.39, 0.29) is 25.7 Å². The number of ether oxygens (including phenoxy) is 4. The van der Waals surface area contributed by atoms with E-state index in [9.17, 15) is 43.2 Å². The van der Waals surface area contributed by atoms with E-state index in [1.165, 1.54) is 244 Å². The molecule has 106 heavy (non-hydrogen) atoms. The molecule has 0 spiro atoms. The number of hydrogen-bond donors (Lipinski definition) is 3. The van der Waals surface area contributed by atoms with Crippen molar-refractivity contribution in [3.8, 4) is 0 Å². The molecule has 0 aromatic carbocycles. The van der Waals surface area contributed by atoms with Crippen LogP contribution in [-0.2, 0) is 65.4 Å². The highest BCUT2D eigenvalue weighted by Gasteiger charge is 2.30. The third kappa shape index (κ3) is 78.2. The molecule has 0 fully saturated rings. The number of unbranched alkanes of at least 4 members (excludes halogenated alkanes) is 50. The van der Waals surface area contributed by atoms with Gasteiger partial charge in [0.2, 0.25) is 0 Å². The minimum absolute atomic E-state index is 0.0857. The fraction of sp³-hybridized carbons (Fsp3) is 0.908. The molecule has 0 saturated carbocycles. The van der Waals surface area contributed by atoms with Gasteiger partial charge in [-0.1, -0.05) is 387 Å². The van der Waals surface area contributed by atoms with Crippen LogP contribution in [0.2, 0.25) is 0 Å². The summed E-state index contributed by atoms with van der Waals surface area (Å²) in [7, 11) is -9.94. The van der Waals surface area contributed by atoms with Gasteiger partial charge in [-0.05, 0) is 63.2 Å². The normalized spacial score (nSPS) is 14.2. The first kappa shape index (κ1) is 104. The third-order valence-corrected chi connectivity index (χ3v) is 22.1. The summed E-state index contributed by atoms with van der Waals surface area (Å²) >= 11 is 0. The van der Waals surface area contributed by atoms with Crippen LogP contribution in [0.25, 0.3) is 0 Å². The number of carbonyl (C=O) groups is 4. The molecule has 0 radical (unpaired) electrons. The van der Waals surface area contributed by atoms with Crippen LogP contribution in [0.5, 0.6) is 0 Å². The van der Waals surface area contributed by atoms with Gasteiger partial charge in [-0.25, -0.2) is 9.13 Å². The molecule has 0 heterocycles. The molecule has 0 aliphatic heterocycles. The number of hydrogen-bond acceptors (Lipinski definition) is 15. The monoisotopic (exact) mass is 1550 g/mol. The molecule has 0 amide bonds. The van der Waals surface area contributed by atoms with Crippen LogP contribution in [0.1, 0.15) is 440 Å². The Morgan fingerprint density at radius 1 is 0.311 bits per heavy atom. The quantitative estimate of drug-likeness (QED) is 0.0169. The van der Waals surface area contributed by atoms with Gasteiger partial charge in [0, 0.05) is 25.7 Å². The van der Waals surface area contributed by atoms with Crippen LogP contribution < -0.4 is 0 Å². The standard InChI is InChI=1S/C87H166O17P2/c1-7-10-12-14-16-18-20-22-27-34-41-47-53-59-65-71-86(91)103-82(75-97-84(89)69-63-57-51-45-39-31-21-19-17-15-13-11-8-2)77-101-105(93,94)99-73-81(88)74-100-106(95,96)102-78-83(76-98-85(90)70-64-58-52-46-40-36-30-32-37-43-49-55-61-67-79(4)5)104-87(92)72-66-60-54-48-42-35-29-26-24-23-25-28-33-38-44-50-56-62-68-80(6)9-3/h18,20,22,27,79-83,88H,7-17,19,21,23-26,28-78H2,1-6H3,(H,93,94)(H,95,96)/b20-18-,27-22-/t80?,81-,82+,83+/m0/s1. The second kappa shape index (κ2) is 77.8. The largest absolute Gasteiger partial charge is 0.472 e. The van der Waals surface area contributed by atoms with Crippen molar-refractivity contribution in [3.05, 3.63) is 24.3 Å². The van der Waals surface area contributed by atoms with E-state index in [0.29, 0.717) is 25.7 Å². The fourth-order valence-corrected chi connectivity index (χ4v) is 14.6. The molecule has 626 valence electrons. The summed E-state index contributed by atoms with van der Waals surface area (Å²) in [4.78, 5) is 73.2. The Labute approximate surface area is 650 Å². The summed E-state index contributed by atoms with van der Waals surface area (Å²) in [5, 5.41) is 10.7. The number of esters is 4. The van der Waals surface area contributed by atoms with Gasteiger partial charge < -0.3 is 33.8 Å². The average Bonchev–Trinajstić information content (AvgIpc) is 0.918. The highest BCUT2D eigenvalue weighted by molar-refractivity contribution is 7.47. The van der Waals surface area contributed by atoms with E-state index in [1.54, 1.807) is 0 Å². The van der Waals surface area contributed by atoms with Crippen LogP contribution >= 0.6 is 15.6 Å². The van der Waals surface area contributed by atoms with Crippen molar-refractivity contribution in [1.29, 1.82) is 0 Å². The summed E-state index contributed by atoms with van der Waals surface area (Å²) in [6.45, 7) is 9.70. The highest BCUT2D eigenvalue weighted by Crippen LogP contribution is 2.45. The van der Waals surface area contributed by atoms with Crippen LogP contribution in [0.15, 0.2) is 24.3 Å². The molecule has 0 bridgehead atoms. The Morgan fingerprint density at radius 2 is 0.557 bits per heavy atom. The van der Waals surface area contributed by atoms with Crippen molar-refractivity contribution in [2.24, 2.45) is 11.8 Å². The Kier molecular flexibility index (Phi) is 76.0. The Hall–Kier alpha value is -2.46. The zero-order valence-corrected chi connectivity index (χ0v) is 71.0. The second-order valence-electron chi connectivity index (χ2n) is 31.3. The van der Waals surface area contributed by atoms with Crippen LogP contribution in [0.3, 0.4) is 0 Å². The van der Waals surface area contributed by atoms with Gasteiger partial charge in [-0.3, -0.25) is 37.3 Å². The van der Waals surface area contributed by atoms with E-state index in [4.69, 9.17) is 37.0 Å². The zero-order valence-electron chi connectivity index (χ0n) is 69.2. The Bertz CT molecular complexity index is 2130. The van der Waals surface area contributed by atoms with E-state index >= 15 is 0 Å². The third-order valence-electron chi connectivity index (χ3n) is 20.2. The van der Waals surface area contributed by atoms with Crippen LogP contribution in [0.4, 0.5) is 0 Å². The number of phosphoric ester groups is 2. The molecule has 3 unspecified atom stereocenters. The molecule has 0 aromatic rings. The lowest BCUT2D eigenvalue weighted by Gasteiger charge is -2.21. The molecule has 0 saturated heterocycles. The lowest BCUT2D eigenvalue weighted by Crippen LogP contribution is -2.30. The number of rotatable bonds is 84. The summed E-state index contributed by atoms with van der Waals surface area (Å²) < 4.78 is 68.9. The van der Waals surface area contributed by atoms with E-state index in [1.807, 2.05) is 0 Å². The summed E-state index contributed by atoms with van der Waals surface area (Å²) in [5.74, 6) is -0.470. The van der Waals surface area contributed by atoms with Gasteiger partial charge in [-0.15, -0.1) is 0 Å². The maximum absolute atomic E-state index is 13.2. The molecular weight excluding hydrogens is 1380 g/mol. The van der Waals surface area contributed by atoms with Crippen molar-refractivity contribution in [1.82, 2.24) is 0 Å². The molecule has 3 N–H and O–H groups in total. The second-order valence-corrected chi connectivity index (χ2v) is 34.2. The topological polar surface area (TPSA) is 237 Å². The number of aliphatic hydroxyl groups excluding tert-OH is 1. The predicted molar refractivity (Wildman–Crippen MR) is 437 cm³/mol. The smallest absolute Gasteiger partial charge is 0.462 e. The molecule has 0 aliphatic carbocycles. The van der Waals surface area contributed by atoms with E-state index in [2.05, 4.69) is 65.8 Å². The lowest BCUT2D eigenvalue weighted by atomic mass is 9.99. The maximum atomic E-state index is 13.2. The van der Waals surface area contributed by atoms with Gasteiger partial charge in [0.1, 0.15) is 19.3 Å². The van der Waals surface area contributed by atoms with Gasteiger partial charge in [0.05, 0.1) is 26.4 Å².